The third-order valence-corrected chi connectivity index (χ3v) is 2.36. The lowest BCUT2D eigenvalue weighted by atomic mass is 9.95. The summed E-state index contributed by atoms with van der Waals surface area (Å²) in [5, 5.41) is 0.849. The Bertz CT molecular complexity index is 211. The van der Waals surface area contributed by atoms with Gasteiger partial charge in [-0.15, -0.1) is 0 Å². The van der Waals surface area contributed by atoms with Crippen LogP contribution in [0.2, 0.25) is 0 Å². The average Bonchev–Trinajstić information content (AvgIpc) is 2.07. The Morgan fingerprint density at radius 2 is 2.50 bits per heavy atom. The molecule has 0 aromatic heterocycles. The Morgan fingerprint density at radius 1 is 1.75 bits per heavy atom. The second-order valence-corrected chi connectivity index (χ2v) is 3.51. The Labute approximate surface area is 78.3 Å². The van der Waals surface area contributed by atoms with Gasteiger partial charge in [0.05, 0.1) is 0 Å². The number of halogens is 1. The molecule has 0 aliphatic carbocycles. The zero-order chi connectivity index (χ0) is 8.97. The molecule has 68 valence electrons. The topological polar surface area (TPSA) is 21.6 Å². The molecule has 0 aromatic carbocycles. The molecule has 0 spiro atoms. The van der Waals surface area contributed by atoms with E-state index >= 15 is 0 Å². The zero-order valence-corrected chi connectivity index (χ0v) is 8.27. The van der Waals surface area contributed by atoms with Crippen molar-refractivity contribution in [2.45, 2.75) is 19.8 Å². The summed E-state index contributed by atoms with van der Waals surface area (Å²) in [5.74, 6) is 0.474. The highest BCUT2D eigenvalue weighted by molar-refractivity contribution is 6.30. The quantitative estimate of drug-likeness (QED) is 0.666. The van der Waals surface area contributed by atoms with Crippen molar-refractivity contribution >= 4 is 17.3 Å². The molecule has 1 aliphatic heterocycles. The van der Waals surface area contributed by atoms with Crippen molar-refractivity contribution in [3.63, 3.8) is 0 Å². The van der Waals surface area contributed by atoms with Gasteiger partial charge in [0.15, 0.2) is 0 Å². The van der Waals surface area contributed by atoms with Crippen LogP contribution < -0.4 is 0 Å². The number of nitrogens with zero attached hydrogens (tertiary/aromatic N) is 1. The number of rotatable bonds is 3. The third kappa shape index (κ3) is 2.61. The van der Waals surface area contributed by atoms with Crippen molar-refractivity contribution in [3.8, 4) is 0 Å². The van der Waals surface area contributed by atoms with E-state index in [1.807, 2.05) is 6.92 Å². The van der Waals surface area contributed by atoms with Crippen LogP contribution in [0.5, 0.6) is 0 Å². The van der Waals surface area contributed by atoms with Gasteiger partial charge in [-0.3, -0.25) is 4.99 Å². The molecule has 0 aromatic rings. The fourth-order valence-electron chi connectivity index (χ4n) is 1.28. The van der Waals surface area contributed by atoms with Gasteiger partial charge in [0.2, 0.25) is 0 Å². The van der Waals surface area contributed by atoms with Gasteiger partial charge in [-0.1, -0.05) is 11.6 Å². The summed E-state index contributed by atoms with van der Waals surface area (Å²) >= 11 is 5.87. The fourth-order valence-corrected chi connectivity index (χ4v) is 1.52. The molecule has 0 radical (unpaired) electrons. The van der Waals surface area contributed by atoms with E-state index < -0.39 is 0 Å². The normalized spacial score (nSPS) is 23.4. The molecule has 0 amide bonds. The van der Waals surface area contributed by atoms with Crippen molar-refractivity contribution in [3.05, 3.63) is 11.2 Å². The van der Waals surface area contributed by atoms with E-state index in [9.17, 15) is 0 Å². The largest absolute Gasteiger partial charge is 0.385 e. The molecule has 1 heterocycles. The summed E-state index contributed by atoms with van der Waals surface area (Å²) in [6.45, 7) is 2.82. The number of ether oxygens (including phenoxy) is 1. The molecule has 1 aliphatic rings. The maximum atomic E-state index is 5.87. The Hall–Kier alpha value is -0.340. The summed E-state index contributed by atoms with van der Waals surface area (Å²) in [6, 6.07) is 0. The van der Waals surface area contributed by atoms with Gasteiger partial charge in [-0.2, -0.15) is 0 Å². The van der Waals surface area contributed by atoms with Crippen molar-refractivity contribution < 1.29 is 4.74 Å². The monoisotopic (exact) mass is 187 g/mol. The minimum atomic E-state index is 0.474. The molecule has 0 saturated heterocycles. The minimum absolute atomic E-state index is 0.474. The molecule has 0 N–H and O–H groups in total. The van der Waals surface area contributed by atoms with E-state index in [1.165, 1.54) is 0 Å². The van der Waals surface area contributed by atoms with E-state index in [-0.39, 0.29) is 0 Å². The van der Waals surface area contributed by atoms with Crippen LogP contribution in [0.15, 0.2) is 16.2 Å². The van der Waals surface area contributed by atoms with E-state index in [2.05, 4.69) is 4.99 Å². The van der Waals surface area contributed by atoms with E-state index in [0.29, 0.717) is 5.92 Å². The summed E-state index contributed by atoms with van der Waals surface area (Å²) in [5.41, 5.74) is 1.16. The predicted octanol–water partition coefficient (Wildman–Crippen LogP) is 2.58. The van der Waals surface area contributed by atoms with E-state index in [1.54, 1.807) is 13.3 Å². The lowest BCUT2D eigenvalue weighted by molar-refractivity contribution is 0.186. The Balaban J connectivity index is 2.46. The molecular weight excluding hydrogens is 174 g/mol. The standard InChI is InChI=1S/C9H14ClNO/c1-7-8(3-4-12-2)5-9(10)6-11-7/h6,8H,3-5H2,1-2H3. The molecule has 2 nitrogen and oxygen atoms in total. The highest BCUT2D eigenvalue weighted by Crippen LogP contribution is 2.24. The van der Waals surface area contributed by atoms with Gasteiger partial charge >= 0.3 is 0 Å². The molecule has 3 heteroatoms. The van der Waals surface area contributed by atoms with Gasteiger partial charge in [0.1, 0.15) is 0 Å². The first-order valence-corrected chi connectivity index (χ1v) is 4.49. The smallest absolute Gasteiger partial charge is 0.0468 e. The number of hydrogen-bond donors (Lipinski definition) is 0. The highest BCUT2D eigenvalue weighted by atomic mass is 35.5. The maximum absolute atomic E-state index is 5.87. The van der Waals surface area contributed by atoms with Gasteiger partial charge in [-0.25, -0.2) is 0 Å². The van der Waals surface area contributed by atoms with Gasteiger partial charge in [0.25, 0.3) is 0 Å². The maximum Gasteiger partial charge on any atom is 0.0468 e. The van der Waals surface area contributed by atoms with E-state index in [0.717, 1.165) is 30.2 Å². The zero-order valence-electron chi connectivity index (χ0n) is 7.51. The SMILES string of the molecule is COCCC1CC(Cl)=CN=C1C. The highest BCUT2D eigenvalue weighted by Gasteiger charge is 2.16. The van der Waals surface area contributed by atoms with Crippen LogP contribution in [0, 0.1) is 5.92 Å². The molecule has 1 atom stereocenters. The van der Waals surface area contributed by atoms with Crippen LogP contribution in [-0.4, -0.2) is 19.4 Å². The molecule has 0 fully saturated rings. The lowest BCUT2D eigenvalue weighted by Gasteiger charge is -2.18. The van der Waals surface area contributed by atoms with Crippen LogP contribution in [-0.2, 0) is 4.74 Å². The molecule has 12 heavy (non-hydrogen) atoms. The van der Waals surface area contributed by atoms with Crippen molar-refractivity contribution in [2.75, 3.05) is 13.7 Å². The van der Waals surface area contributed by atoms with Gasteiger partial charge < -0.3 is 4.74 Å². The first kappa shape index (κ1) is 9.75. The van der Waals surface area contributed by atoms with Crippen LogP contribution in [0.3, 0.4) is 0 Å². The van der Waals surface area contributed by atoms with Gasteiger partial charge in [0, 0.05) is 36.6 Å². The second-order valence-electron chi connectivity index (χ2n) is 3.03. The molecule has 0 saturated carbocycles. The summed E-state index contributed by atoms with van der Waals surface area (Å²) in [6.07, 6.45) is 3.66. The summed E-state index contributed by atoms with van der Waals surface area (Å²) in [4.78, 5) is 4.21. The second kappa shape index (κ2) is 4.63. The number of methoxy groups -OCH3 is 1. The third-order valence-electron chi connectivity index (χ3n) is 2.11. The first-order valence-electron chi connectivity index (χ1n) is 4.12. The molecule has 0 bridgehead atoms. The van der Waals surface area contributed by atoms with Gasteiger partial charge in [-0.05, 0) is 19.8 Å². The van der Waals surface area contributed by atoms with Crippen molar-refractivity contribution in [1.29, 1.82) is 0 Å². The first-order chi connectivity index (χ1) is 5.74. The Morgan fingerprint density at radius 3 is 3.17 bits per heavy atom. The minimum Gasteiger partial charge on any atom is -0.385 e. The van der Waals surface area contributed by atoms with E-state index in [4.69, 9.17) is 16.3 Å². The molecular formula is C9H14ClNO. The van der Waals surface area contributed by atoms with Crippen molar-refractivity contribution in [1.82, 2.24) is 0 Å². The van der Waals surface area contributed by atoms with Crippen molar-refractivity contribution in [2.24, 2.45) is 10.9 Å². The lowest BCUT2D eigenvalue weighted by Crippen LogP contribution is -2.15. The number of aliphatic imine (C=N–C) groups is 1. The van der Waals surface area contributed by atoms with Crippen LogP contribution in [0.1, 0.15) is 19.8 Å². The average molecular weight is 188 g/mol. The number of hydrogen-bond acceptors (Lipinski definition) is 2. The van der Waals surface area contributed by atoms with Crippen LogP contribution in [0.25, 0.3) is 0 Å². The number of allylic oxidation sites excluding steroid dienone is 1. The summed E-state index contributed by atoms with van der Waals surface area (Å²) in [7, 11) is 1.72. The summed E-state index contributed by atoms with van der Waals surface area (Å²) < 4.78 is 5.01. The molecule has 1 rings (SSSR count). The Kier molecular flexibility index (Phi) is 3.76. The predicted molar refractivity (Wildman–Crippen MR) is 51.6 cm³/mol. The fraction of sp³-hybridized carbons (Fsp3) is 0.667. The molecule has 1 unspecified atom stereocenters. The van der Waals surface area contributed by atoms with Crippen LogP contribution in [0.4, 0.5) is 0 Å². The van der Waals surface area contributed by atoms with Crippen LogP contribution >= 0.6 is 11.6 Å².